The Hall–Kier alpha value is -4.32. The molecule has 0 saturated heterocycles. The Balaban J connectivity index is 1.51. The summed E-state index contributed by atoms with van der Waals surface area (Å²) in [6.45, 7) is 1.89. The van der Waals surface area contributed by atoms with Crippen molar-refractivity contribution in [2.75, 3.05) is 5.32 Å². The summed E-state index contributed by atoms with van der Waals surface area (Å²) in [7, 11) is 0. The normalized spacial score (nSPS) is 11.5. The summed E-state index contributed by atoms with van der Waals surface area (Å²) >= 11 is 0. The molecular weight excluding hydrogens is 419 g/mol. The van der Waals surface area contributed by atoms with E-state index in [1.807, 2.05) is 19.1 Å². The van der Waals surface area contributed by atoms with Crippen LogP contribution >= 0.6 is 0 Å². The highest BCUT2D eigenvalue weighted by Gasteiger charge is 2.30. The van der Waals surface area contributed by atoms with Gasteiger partial charge in [-0.3, -0.25) is 5.10 Å². The number of hydrogen-bond donors (Lipinski definition) is 2. The number of pyridine rings is 1. The number of aromatic amines is 1. The van der Waals surface area contributed by atoms with Gasteiger partial charge >= 0.3 is 6.18 Å². The van der Waals surface area contributed by atoms with Crippen LogP contribution in [0.3, 0.4) is 0 Å². The first-order chi connectivity index (χ1) is 15.4. The summed E-state index contributed by atoms with van der Waals surface area (Å²) in [4.78, 5) is 4.30. The Morgan fingerprint density at radius 1 is 1.06 bits per heavy atom. The molecule has 0 spiro atoms. The van der Waals surface area contributed by atoms with Gasteiger partial charge in [0.15, 0.2) is 11.4 Å². The van der Waals surface area contributed by atoms with Crippen molar-refractivity contribution >= 4 is 33.4 Å². The minimum absolute atomic E-state index is 0.251. The third-order valence-electron chi connectivity index (χ3n) is 4.94. The van der Waals surface area contributed by atoms with Crippen molar-refractivity contribution in [3.05, 3.63) is 77.2 Å². The second kappa shape index (κ2) is 7.42. The smallest absolute Gasteiger partial charge is 0.353 e. The lowest BCUT2D eigenvalue weighted by atomic mass is 10.1. The predicted octanol–water partition coefficient (Wildman–Crippen LogP) is 5.57. The molecule has 6 nitrogen and oxygen atoms in total. The highest BCUT2D eigenvalue weighted by atomic mass is 19.4. The molecule has 5 rings (SSSR count). The van der Waals surface area contributed by atoms with E-state index in [-0.39, 0.29) is 5.69 Å². The molecule has 0 amide bonds. The number of halogens is 3. The fourth-order valence-corrected chi connectivity index (χ4v) is 3.30. The van der Waals surface area contributed by atoms with Crippen molar-refractivity contribution in [1.29, 1.82) is 0 Å². The molecule has 0 atom stereocenters. The first-order valence-corrected chi connectivity index (χ1v) is 9.53. The third-order valence-corrected chi connectivity index (χ3v) is 4.94. The molecule has 0 saturated carbocycles. The number of anilines is 2. The van der Waals surface area contributed by atoms with E-state index in [1.54, 1.807) is 18.5 Å². The average molecular weight is 433 g/mol. The van der Waals surface area contributed by atoms with Crippen LogP contribution in [0, 0.1) is 18.8 Å². The van der Waals surface area contributed by atoms with Gasteiger partial charge in [0.1, 0.15) is 5.69 Å². The predicted molar refractivity (Wildman–Crippen MR) is 113 cm³/mol. The zero-order valence-corrected chi connectivity index (χ0v) is 16.6. The van der Waals surface area contributed by atoms with Gasteiger partial charge in [-0.2, -0.15) is 18.3 Å². The van der Waals surface area contributed by atoms with Crippen molar-refractivity contribution in [2.24, 2.45) is 0 Å². The van der Waals surface area contributed by atoms with Crippen molar-refractivity contribution in [3.63, 3.8) is 0 Å². The van der Waals surface area contributed by atoms with E-state index in [4.69, 9.17) is 4.52 Å². The average Bonchev–Trinajstić information content (AvgIpc) is 3.39. The number of hydrogen-bond acceptors (Lipinski definition) is 5. The van der Waals surface area contributed by atoms with Crippen LogP contribution in [0.4, 0.5) is 24.7 Å². The summed E-state index contributed by atoms with van der Waals surface area (Å²) in [5.74, 6) is 6.41. The largest absolute Gasteiger partial charge is 0.416 e. The molecule has 0 aliphatic rings. The van der Waals surface area contributed by atoms with Gasteiger partial charge in [-0.15, -0.1) is 0 Å². The maximum Gasteiger partial charge on any atom is 0.416 e. The second-order valence-corrected chi connectivity index (χ2v) is 7.15. The Morgan fingerprint density at radius 3 is 2.78 bits per heavy atom. The van der Waals surface area contributed by atoms with E-state index >= 15 is 0 Å². The maximum absolute atomic E-state index is 13.0. The molecule has 0 radical (unpaired) electrons. The molecule has 2 aromatic carbocycles. The second-order valence-electron chi connectivity index (χ2n) is 7.15. The maximum atomic E-state index is 13.0. The summed E-state index contributed by atoms with van der Waals surface area (Å²) in [6, 6.07) is 10.4. The Kier molecular flexibility index (Phi) is 4.56. The molecule has 2 N–H and O–H groups in total. The fraction of sp³-hybridized carbons (Fsp3) is 0.0870. The molecule has 0 bridgehead atoms. The van der Waals surface area contributed by atoms with Crippen molar-refractivity contribution in [3.8, 4) is 11.8 Å². The number of nitrogens with one attached hydrogen (secondary N) is 2. The number of H-pyrrole nitrogens is 1. The molecule has 9 heteroatoms. The molecule has 32 heavy (non-hydrogen) atoms. The van der Waals surface area contributed by atoms with E-state index in [0.29, 0.717) is 28.0 Å². The summed E-state index contributed by atoms with van der Waals surface area (Å²) in [5, 5.41) is 15.2. The van der Waals surface area contributed by atoms with Crippen LogP contribution in [0.25, 0.3) is 21.9 Å². The van der Waals surface area contributed by atoms with Gasteiger partial charge in [-0.25, -0.2) is 4.98 Å². The highest BCUT2D eigenvalue weighted by Crippen LogP contribution is 2.33. The number of rotatable bonds is 2. The highest BCUT2D eigenvalue weighted by molar-refractivity contribution is 5.94. The minimum Gasteiger partial charge on any atom is -0.353 e. The van der Waals surface area contributed by atoms with Gasteiger partial charge in [0, 0.05) is 11.1 Å². The van der Waals surface area contributed by atoms with Gasteiger partial charge in [0.25, 0.3) is 0 Å². The van der Waals surface area contributed by atoms with Gasteiger partial charge in [0.05, 0.1) is 34.4 Å². The number of nitrogens with zero attached hydrogens (tertiary/aromatic N) is 3. The lowest BCUT2D eigenvalue weighted by Gasteiger charge is -2.09. The van der Waals surface area contributed by atoms with Crippen LogP contribution in [0.1, 0.15) is 22.4 Å². The Labute approximate surface area is 179 Å². The molecule has 0 unspecified atom stereocenters. The molecule has 3 heterocycles. The molecule has 0 aliphatic heterocycles. The van der Waals surface area contributed by atoms with Gasteiger partial charge in [-0.1, -0.05) is 23.2 Å². The molecule has 3 aromatic heterocycles. The zero-order chi connectivity index (χ0) is 22.3. The Bertz CT molecular complexity index is 1520. The van der Waals surface area contributed by atoms with Crippen LogP contribution < -0.4 is 5.32 Å². The fourth-order valence-electron chi connectivity index (χ4n) is 3.30. The van der Waals surface area contributed by atoms with Gasteiger partial charge in [0.2, 0.25) is 0 Å². The van der Waals surface area contributed by atoms with Crippen LogP contribution in [-0.2, 0) is 6.18 Å². The first kappa shape index (κ1) is 19.6. The van der Waals surface area contributed by atoms with Crippen LogP contribution in [0.15, 0.2) is 59.4 Å². The van der Waals surface area contributed by atoms with Crippen molar-refractivity contribution < 1.29 is 17.7 Å². The first-order valence-electron chi connectivity index (χ1n) is 9.53. The molecule has 158 valence electrons. The monoisotopic (exact) mass is 433 g/mol. The third kappa shape index (κ3) is 3.63. The quantitative estimate of drug-likeness (QED) is 0.356. The summed E-state index contributed by atoms with van der Waals surface area (Å²) in [5.41, 5.74) is 2.82. The zero-order valence-electron chi connectivity index (χ0n) is 16.6. The van der Waals surface area contributed by atoms with Crippen LogP contribution in [0.5, 0.6) is 0 Å². The van der Waals surface area contributed by atoms with Crippen molar-refractivity contribution in [1.82, 2.24) is 20.3 Å². The van der Waals surface area contributed by atoms with Crippen LogP contribution in [0.2, 0.25) is 0 Å². The molecule has 0 aliphatic carbocycles. The molecular formula is C23H14F3N5O. The number of benzene rings is 2. The van der Waals surface area contributed by atoms with E-state index in [1.165, 1.54) is 12.1 Å². The number of alkyl halides is 3. The van der Waals surface area contributed by atoms with E-state index in [9.17, 15) is 13.2 Å². The number of aromatic nitrogens is 4. The number of fused-ring (bicyclic) bond motifs is 2. The van der Waals surface area contributed by atoms with Crippen LogP contribution in [-0.4, -0.2) is 20.3 Å². The van der Waals surface area contributed by atoms with Gasteiger partial charge in [-0.05, 0) is 48.7 Å². The minimum atomic E-state index is -4.43. The topological polar surface area (TPSA) is 79.6 Å². The standard InChI is InChI=1S/C23H14F3N5O/c1-13-5-7-19-21(18(13)8-6-16-9-14-11-28-30-20(14)12-27-16)32-31-22(19)29-17-4-2-3-15(10-17)23(24,25)26/h2-5,7,9-12H,1H3,(H,28,30)(H,29,31). The number of aryl methyl sites for hydroxylation is 1. The van der Waals surface area contributed by atoms with E-state index < -0.39 is 11.7 Å². The lowest BCUT2D eigenvalue weighted by Crippen LogP contribution is -2.05. The van der Waals surface area contributed by atoms with Gasteiger partial charge < -0.3 is 9.84 Å². The molecule has 5 aromatic rings. The molecule has 0 fully saturated rings. The summed E-state index contributed by atoms with van der Waals surface area (Å²) < 4.78 is 44.5. The van der Waals surface area contributed by atoms with Crippen molar-refractivity contribution in [2.45, 2.75) is 13.1 Å². The Morgan fingerprint density at radius 2 is 1.94 bits per heavy atom. The lowest BCUT2D eigenvalue weighted by molar-refractivity contribution is -0.137. The van der Waals surface area contributed by atoms with E-state index in [2.05, 4.69) is 37.5 Å². The SMILES string of the molecule is Cc1ccc2c(Nc3cccc(C(F)(F)F)c3)noc2c1C#Cc1cc2cn[nH]c2cn1. The van der Waals surface area contributed by atoms with E-state index in [0.717, 1.165) is 28.6 Å². The summed E-state index contributed by atoms with van der Waals surface area (Å²) in [6.07, 6.45) is -1.08.